The van der Waals surface area contributed by atoms with Gasteiger partial charge in [-0.15, -0.1) is 0 Å². The second-order valence-corrected chi connectivity index (χ2v) is 12.2. The lowest BCUT2D eigenvalue weighted by atomic mass is 9.93. The van der Waals surface area contributed by atoms with Crippen LogP contribution in [-0.4, -0.2) is 80.9 Å². The molecule has 11 nitrogen and oxygen atoms in total. The third-order valence-corrected chi connectivity index (χ3v) is 7.89. The van der Waals surface area contributed by atoms with Gasteiger partial charge in [0.1, 0.15) is 17.4 Å². The summed E-state index contributed by atoms with van der Waals surface area (Å²) in [6, 6.07) is 4.02. The van der Waals surface area contributed by atoms with Crippen LogP contribution in [0.25, 0.3) is 0 Å². The van der Waals surface area contributed by atoms with Crippen LogP contribution in [0.1, 0.15) is 54.4 Å². The first-order valence-corrected chi connectivity index (χ1v) is 15.2. The van der Waals surface area contributed by atoms with E-state index in [0.29, 0.717) is 43.1 Å². The van der Waals surface area contributed by atoms with E-state index in [9.17, 15) is 26.4 Å². The normalized spacial score (nSPS) is 20.8. The Bertz CT molecular complexity index is 1340. The average molecular weight is 601 g/mol. The Morgan fingerprint density at radius 3 is 2.49 bits per heavy atom. The topological polar surface area (TPSA) is 135 Å². The summed E-state index contributed by atoms with van der Waals surface area (Å²) < 4.78 is 78.6. The molecule has 15 heteroatoms. The number of sulfonamides is 1. The molecule has 2 aromatic rings. The smallest absolute Gasteiger partial charge is 0.423 e. The number of piperidine rings is 1. The molecule has 1 aromatic heterocycles. The first-order chi connectivity index (χ1) is 19.3. The second kappa shape index (κ2) is 12.8. The highest BCUT2D eigenvalue weighted by Gasteiger charge is 2.38. The summed E-state index contributed by atoms with van der Waals surface area (Å²) in [4.78, 5) is 22.8. The lowest BCUT2D eigenvalue weighted by Crippen LogP contribution is -2.47. The summed E-state index contributed by atoms with van der Waals surface area (Å²) in [6.07, 6.45) is -0.202. The van der Waals surface area contributed by atoms with Crippen LogP contribution in [0.15, 0.2) is 24.4 Å². The van der Waals surface area contributed by atoms with Gasteiger partial charge in [-0.05, 0) is 70.4 Å². The monoisotopic (exact) mass is 600 g/mol. The Morgan fingerprint density at radius 2 is 1.83 bits per heavy atom. The van der Waals surface area contributed by atoms with E-state index >= 15 is 0 Å². The molecule has 0 unspecified atom stereocenters. The number of ether oxygens (including phenoxy) is 2. The van der Waals surface area contributed by atoms with E-state index in [4.69, 9.17) is 9.47 Å². The standard InChI is InChI=1S/C26H35F3N6O5S/c1-35-12-10-17(11-13-35)31-23(36)16-8-9-19(22(14-16)39-2)32-25-30-15-18(26(27,28)29)24(33-25)40-21-7-5-4-6-20(21)34-41(3,37)38/h8-9,14-15,17,20-21,34H,4-7,10-13H2,1-3H3,(H,31,36)(H,30,32,33)/t20-,21-/m1/s1. The summed E-state index contributed by atoms with van der Waals surface area (Å²) in [5, 5.41) is 5.87. The van der Waals surface area contributed by atoms with Crippen molar-refractivity contribution in [2.75, 3.05) is 38.8 Å². The molecule has 1 saturated carbocycles. The van der Waals surface area contributed by atoms with Crippen LogP contribution in [0.3, 0.4) is 0 Å². The van der Waals surface area contributed by atoms with Gasteiger partial charge in [-0.1, -0.05) is 6.42 Å². The maximum absolute atomic E-state index is 13.8. The molecule has 2 aliphatic rings. The zero-order valence-electron chi connectivity index (χ0n) is 23.1. The van der Waals surface area contributed by atoms with Crippen molar-refractivity contribution >= 4 is 27.6 Å². The van der Waals surface area contributed by atoms with Gasteiger partial charge in [0.05, 0.1) is 25.1 Å². The summed E-state index contributed by atoms with van der Waals surface area (Å²) in [5.41, 5.74) is -0.492. The fraction of sp³-hybridized carbons (Fsp3) is 0.577. The SMILES string of the molecule is COc1cc(C(=O)NC2CCN(C)CC2)ccc1Nc1ncc(C(F)(F)F)c(O[C@@H]2CCCC[C@H]2NS(C)(=O)=O)n1. The van der Waals surface area contributed by atoms with Gasteiger partial charge in [0, 0.05) is 17.8 Å². The summed E-state index contributed by atoms with van der Waals surface area (Å²) in [5.74, 6) is -0.902. The van der Waals surface area contributed by atoms with Crippen molar-refractivity contribution in [1.29, 1.82) is 0 Å². The predicted octanol–water partition coefficient (Wildman–Crippen LogP) is 3.31. The predicted molar refractivity (Wildman–Crippen MR) is 146 cm³/mol. The fourth-order valence-corrected chi connectivity index (χ4v) is 5.80. The van der Waals surface area contributed by atoms with Crippen LogP contribution in [0.4, 0.5) is 24.8 Å². The number of benzene rings is 1. The molecule has 2 atom stereocenters. The quantitative estimate of drug-likeness (QED) is 0.396. The number of hydrogen-bond acceptors (Lipinski definition) is 9. The van der Waals surface area contributed by atoms with Gasteiger partial charge < -0.3 is 25.0 Å². The van der Waals surface area contributed by atoms with Crippen molar-refractivity contribution in [3.63, 3.8) is 0 Å². The van der Waals surface area contributed by atoms with E-state index in [0.717, 1.165) is 32.2 Å². The van der Waals surface area contributed by atoms with Crippen LogP contribution in [0.5, 0.6) is 11.6 Å². The fourth-order valence-electron chi connectivity index (χ4n) is 4.98. The van der Waals surface area contributed by atoms with Crippen LogP contribution < -0.4 is 24.8 Å². The van der Waals surface area contributed by atoms with Crippen LogP contribution in [-0.2, 0) is 16.2 Å². The zero-order valence-corrected chi connectivity index (χ0v) is 23.9. The molecular formula is C26H35F3N6O5S. The van der Waals surface area contributed by atoms with Crippen LogP contribution in [0.2, 0.25) is 0 Å². The third kappa shape index (κ3) is 8.42. The number of alkyl halides is 3. The van der Waals surface area contributed by atoms with Crippen molar-refractivity contribution in [3.8, 4) is 11.6 Å². The van der Waals surface area contributed by atoms with E-state index in [1.54, 1.807) is 12.1 Å². The molecule has 1 amide bonds. The lowest BCUT2D eigenvalue weighted by molar-refractivity contribution is -0.140. The van der Waals surface area contributed by atoms with Crippen molar-refractivity contribution in [3.05, 3.63) is 35.5 Å². The maximum Gasteiger partial charge on any atom is 0.423 e. The number of halogens is 3. The Morgan fingerprint density at radius 1 is 1.12 bits per heavy atom. The minimum atomic E-state index is -4.80. The van der Waals surface area contributed by atoms with Gasteiger partial charge in [0.15, 0.2) is 0 Å². The molecule has 0 bridgehead atoms. The van der Waals surface area contributed by atoms with Gasteiger partial charge in [-0.2, -0.15) is 18.2 Å². The number of carbonyl (C=O) groups is 1. The first-order valence-electron chi connectivity index (χ1n) is 13.3. The molecule has 2 fully saturated rings. The van der Waals surface area contributed by atoms with Gasteiger partial charge in [-0.3, -0.25) is 4.79 Å². The largest absolute Gasteiger partial charge is 0.495 e. The molecule has 1 aliphatic carbocycles. The van der Waals surface area contributed by atoms with E-state index in [1.807, 2.05) is 7.05 Å². The number of methoxy groups -OCH3 is 1. The molecule has 0 spiro atoms. The van der Waals surface area contributed by atoms with Crippen molar-refractivity contribution < 1.29 is 35.9 Å². The van der Waals surface area contributed by atoms with Crippen LogP contribution in [0, 0.1) is 0 Å². The number of rotatable bonds is 9. The molecule has 2 heterocycles. The lowest BCUT2D eigenvalue weighted by Gasteiger charge is -2.32. The molecule has 226 valence electrons. The number of carbonyl (C=O) groups excluding carboxylic acids is 1. The highest BCUT2D eigenvalue weighted by atomic mass is 32.2. The van der Waals surface area contributed by atoms with Gasteiger partial charge in [-0.25, -0.2) is 18.1 Å². The van der Waals surface area contributed by atoms with E-state index in [2.05, 4.69) is 30.2 Å². The number of likely N-dealkylation sites (tertiary alicyclic amines) is 1. The van der Waals surface area contributed by atoms with E-state index in [-0.39, 0.29) is 23.6 Å². The molecule has 1 aliphatic heterocycles. The zero-order chi connectivity index (χ0) is 29.8. The molecule has 1 saturated heterocycles. The number of nitrogens with zero attached hydrogens (tertiary/aromatic N) is 3. The minimum absolute atomic E-state index is 0.0675. The van der Waals surface area contributed by atoms with Gasteiger partial charge in [0.25, 0.3) is 5.91 Å². The van der Waals surface area contributed by atoms with Gasteiger partial charge >= 0.3 is 6.18 Å². The Balaban J connectivity index is 1.54. The van der Waals surface area contributed by atoms with Crippen molar-refractivity contribution in [1.82, 2.24) is 24.9 Å². The van der Waals surface area contributed by atoms with E-state index in [1.165, 1.54) is 13.2 Å². The molecule has 4 rings (SSSR count). The maximum atomic E-state index is 13.8. The number of hydrogen-bond donors (Lipinski definition) is 3. The molecule has 0 radical (unpaired) electrons. The van der Waals surface area contributed by atoms with Gasteiger partial charge in [0.2, 0.25) is 21.9 Å². The number of nitrogens with one attached hydrogen (secondary N) is 3. The average Bonchev–Trinajstić information content (AvgIpc) is 2.90. The van der Waals surface area contributed by atoms with Crippen molar-refractivity contribution in [2.24, 2.45) is 0 Å². The summed E-state index contributed by atoms with van der Waals surface area (Å²) >= 11 is 0. The number of aromatic nitrogens is 2. The van der Waals surface area contributed by atoms with Crippen LogP contribution >= 0.6 is 0 Å². The first kappa shape index (κ1) is 30.8. The second-order valence-electron chi connectivity index (χ2n) is 10.4. The molecule has 41 heavy (non-hydrogen) atoms. The highest BCUT2D eigenvalue weighted by Crippen LogP contribution is 2.37. The third-order valence-electron chi connectivity index (χ3n) is 7.15. The summed E-state index contributed by atoms with van der Waals surface area (Å²) in [6.45, 7) is 1.79. The van der Waals surface area contributed by atoms with Crippen molar-refractivity contribution in [2.45, 2.75) is 62.9 Å². The Labute approximate surface area is 237 Å². The molecule has 1 aromatic carbocycles. The molecule has 3 N–H and O–H groups in total. The summed E-state index contributed by atoms with van der Waals surface area (Å²) in [7, 11) is -0.169. The number of amides is 1. The van der Waals surface area contributed by atoms with E-state index < -0.39 is 39.8 Å². The number of anilines is 2. The molecular weight excluding hydrogens is 565 g/mol. The Kier molecular flexibility index (Phi) is 9.59. The highest BCUT2D eigenvalue weighted by molar-refractivity contribution is 7.88. The minimum Gasteiger partial charge on any atom is -0.495 e. The Hall–Kier alpha value is -3.17.